The van der Waals surface area contributed by atoms with Gasteiger partial charge in [0.25, 0.3) is 0 Å². The standard InChI is InChI=1S/C20H27N5O/c26-17(12-15-4-2-1-3-5-15)25-11-10-24(13-20(25)7-8-20)19-16-6-9-21-18(16)22-14-23-19/h6,9,14-15H,1-5,7-8,10-13H2,(H,21,22,23). The van der Waals surface area contributed by atoms with E-state index in [0.29, 0.717) is 11.8 Å². The predicted molar refractivity (Wildman–Crippen MR) is 101 cm³/mol. The highest BCUT2D eigenvalue weighted by atomic mass is 16.2. The van der Waals surface area contributed by atoms with Crippen LogP contribution in [0.3, 0.4) is 0 Å². The number of rotatable bonds is 3. The van der Waals surface area contributed by atoms with Gasteiger partial charge in [0.2, 0.25) is 5.91 Å². The molecule has 26 heavy (non-hydrogen) atoms. The van der Waals surface area contributed by atoms with Crippen LogP contribution in [0.1, 0.15) is 51.4 Å². The average Bonchev–Trinajstić information content (AvgIpc) is 3.24. The van der Waals surface area contributed by atoms with E-state index in [1.54, 1.807) is 6.33 Å². The van der Waals surface area contributed by atoms with Crippen LogP contribution in [0.25, 0.3) is 11.0 Å². The molecular formula is C20H27N5O. The molecule has 0 bridgehead atoms. The van der Waals surface area contributed by atoms with Crippen molar-refractivity contribution in [2.24, 2.45) is 5.92 Å². The first kappa shape index (κ1) is 16.1. The fourth-order valence-electron chi connectivity index (χ4n) is 4.98. The lowest BCUT2D eigenvalue weighted by molar-refractivity contribution is -0.136. The molecular weight excluding hydrogens is 326 g/mol. The summed E-state index contributed by atoms with van der Waals surface area (Å²) in [5.41, 5.74) is 0.938. The van der Waals surface area contributed by atoms with Crippen molar-refractivity contribution < 1.29 is 4.79 Å². The Morgan fingerprint density at radius 1 is 1.19 bits per heavy atom. The van der Waals surface area contributed by atoms with Gasteiger partial charge in [-0.25, -0.2) is 9.97 Å². The average molecular weight is 353 g/mol. The number of aromatic nitrogens is 3. The minimum absolute atomic E-state index is 0.0532. The molecule has 3 fully saturated rings. The van der Waals surface area contributed by atoms with E-state index in [1.807, 2.05) is 12.3 Å². The van der Waals surface area contributed by atoms with Crippen LogP contribution >= 0.6 is 0 Å². The molecule has 0 atom stereocenters. The lowest BCUT2D eigenvalue weighted by Crippen LogP contribution is -2.57. The summed E-state index contributed by atoms with van der Waals surface area (Å²) in [4.78, 5) is 29.6. The summed E-state index contributed by atoms with van der Waals surface area (Å²) in [6.07, 6.45) is 13.0. The van der Waals surface area contributed by atoms with Crippen molar-refractivity contribution in [1.29, 1.82) is 0 Å². The number of carbonyl (C=O) groups is 1. The molecule has 1 spiro atoms. The third-order valence-corrected chi connectivity index (χ3v) is 6.60. The molecule has 0 aromatic carbocycles. The molecule has 2 aromatic heterocycles. The molecule has 1 aliphatic heterocycles. The second-order valence-corrected chi connectivity index (χ2v) is 8.34. The number of H-pyrrole nitrogens is 1. The first-order valence-corrected chi connectivity index (χ1v) is 10.1. The maximum absolute atomic E-state index is 13.0. The Morgan fingerprint density at radius 3 is 2.85 bits per heavy atom. The van der Waals surface area contributed by atoms with Crippen LogP contribution in [0.4, 0.5) is 5.82 Å². The number of carbonyl (C=O) groups excluding carboxylic acids is 1. The molecule has 6 nitrogen and oxygen atoms in total. The molecule has 3 heterocycles. The number of nitrogens with one attached hydrogen (secondary N) is 1. The maximum atomic E-state index is 13.0. The molecule has 0 unspecified atom stereocenters. The van der Waals surface area contributed by atoms with E-state index in [0.717, 1.165) is 55.7 Å². The van der Waals surface area contributed by atoms with E-state index >= 15 is 0 Å². The molecule has 138 valence electrons. The molecule has 1 saturated heterocycles. The molecule has 1 N–H and O–H groups in total. The van der Waals surface area contributed by atoms with Crippen LogP contribution in [0.15, 0.2) is 18.6 Å². The van der Waals surface area contributed by atoms with Crippen molar-refractivity contribution in [2.45, 2.75) is 56.9 Å². The van der Waals surface area contributed by atoms with Gasteiger partial charge in [-0.3, -0.25) is 4.79 Å². The number of amides is 1. The monoisotopic (exact) mass is 353 g/mol. The van der Waals surface area contributed by atoms with Gasteiger partial charge in [0.15, 0.2) is 0 Å². The van der Waals surface area contributed by atoms with Crippen molar-refractivity contribution in [3.8, 4) is 0 Å². The SMILES string of the molecule is O=C(CC1CCCCC1)N1CCN(c2ncnc3[nH]ccc23)CC12CC2. The molecule has 3 aliphatic rings. The van der Waals surface area contributed by atoms with Gasteiger partial charge in [0.05, 0.1) is 10.9 Å². The van der Waals surface area contributed by atoms with Gasteiger partial charge in [-0.1, -0.05) is 19.3 Å². The van der Waals surface area contributed by atoms with E-state index < -0.39 is 0 Å². The largest absolute Gasteiger partial charge is 0.352 e. The second kappa shape index (κ2) is 6.25. The lowest BCUT2D eigenvalue weighted by Gasteiger charge is -2.43. The number of nitrogens with zero attached hydrogens (tertiary/aromatic N) is 4. The van der Waals surface area contributed by atoms with Crippen LogP contribution in [-0.4, -0.2) is 50.9 Å². The van der Waals surface area contributed by atoms with Gasteiger partial charge in [-0.15, -0.1) is 0 Å². The van der Waals surface area contributed by atoms with Gasteiger partial charge in [-0.2, -0.15) is 0 Å². The number of fused-ring (bicyclic) bond motifs is 1. The van der Waals surface area contributed by atoms with E-state index in [4.69, 9.17) is 0 Å². The highest BCUT2D eigenvalue weighted by Gasteiger charge is 2.53. The van der Waals surface area contributed by atoms with Crippen LogP contribution in [0.2, 0.25) is 0 Å². The molecule has 2 aromatic rings. The van der Waals surface area contributed by atoms with E-state index in [9.17, 15) is 4.79 Å². The van der Waals surface area contributed by atoms with Crippen LogP contribution in [-0.2, 0) is 4.79 Å². The van der Waals surface area contributed by atoms with Crippen LogP contribution < -0.4 is 4.90 Å². The molecule has 0 radical (unpaired) electrons. The summed E-state index contributed by atoms with van der Waals surface area (Å²) in [6.45, 7) is 2.58. The Labute approximate surface area is 154 Å². The van der Waals surface area contributed by atoms with Crippen molar-refractivity contribution in [3.05, 3.63) is 18.6 Å². The Morgan fingerprint density at radius 2 is 2.04 bits per heavy atom. The molecule has 6 heteroatoms. The number of hydrogen-bond donors (Lipinski definition) is 1. The Kier molecular flexibility index (Phi) is 3.87. The topological polar surface area (TPSA) is 65.1 Å². The number of anilines is 1. The van der Waals surface area contributed by atoms with E-state index in [2.05, 4.69) is 24.8 Å². The predicted octanol–water partition coefficient (Wildman–Crippen LogP) is 3.11. The number of piperazine rings is 1. The Balaban J connectivity index is 1.31. The zero-order valence-electron chi connectivity index (χ0n) is 15.3. The first-order valence-electron chi connectivity index (χ1n) is 10.1. The summed E-state index contributed by atoms with van der Waals surface area (Å²) in [7, 11) is 0. The summed E-state index contributed by atoms with van der Waals surface area (Å²) in [5.74, 6) is 2.01. The normalized spacial score (nSPS) is 22.9. The molecule has 1 amide bonds. The molecule has 2 saturated carbocycles. The van der Waals surface area contributed by atoms with Gasteiger partial charge >= 0.3 is 0 Å². The number of aromatic amines is 1. The zero-order valence-corrected chi connectivity index (χ0v) is 15.3. The summed E-state index contributed by atoms with van der Waals surface area (Å²) < 4.78 is 0. The van der Waals surface area contributed by atoms with Gasteiger partial charge in [0.1, 0.15) is 17.8 Å². The zero-order chi connectivity index (χ0) is 17.6. The third kappa shape index (κ3) is 2.75. The van der Waals surface area contributed by atoms with Crippen LogP contribution in [0, 0.1) is 5.92 Å². The fourth-order valence-corrected chi connectivity index (χ4v) is 4.98. The second-order valence-electron chi connectivity index (χ2n) is 8.34. The fraction of sp³-hybridized carbons (Fsp3) is 0.650. The minimum Gasteiger partial charge on any atom is -0.352 e. The number of hydrogen-bond acceptors (Lipinski definition) is 4. The van der Waals surface area contributed by atoms with Crippen molar-refractivity contribution in [2.75, 3.05) is 24.5 Å². The van der Waals surface area contributed by atoms with Gasteiger partial charge in [0, 0.05) is 32.3 Å². The summed E-state index contributed by atoms with van der Waals surface area (Å²) >= 11 is 0. The maximum Gasteiger partial charge on any atom is 0.223 e. The third-order valence-electron chi connectivity index (χ3n) is 6.60. The quantitative estimate of drug-likeness (QED) is 0.921. The summed E-state index contributed by atoms with van der Waals surface area (Å²) in [5, 5.41) is 1.07. The smallest absolute Gasteiger partial charge is 0.223 e. The summed E-state index contributed by atoms with van der Waals surface area (Å²) in [6, 6.07) is 2.05. The Hall–Kier alpha value is -2.11. The molecule has 5 rings (SSSR count). The first-order chi connectivity index (χ1) is 12.8. The minimum atomic E-state index is 0.0532. The molecule has 2 aliphatic carbocycles. The van der Waals surface area contributed by atoms with Crippen molar-refractivity contribution in [1.82, 2.24) is 19.9 Å². The lowest BCUT2D eigenvalue weighted by atomic mass is 9.86. The van der Waals surface area contributed by atoms with E-state index in [1.165, 1.54) is 32.1 Å². The highest BCUT2D eigenvalue weighted by molar-refractivity contribution is 5.87. The Bertz CT molecular complexity index is 805. The van der Waals surface area contributed by atoms with Gasteiger partial charge < -0.3 is 14.8 Å². The van der Waals surface area contributed by atoms with Crippen molar-refractivity contribution >= 4 is 22.8 Å². The van der Waals surface area contributed by atoms with Crippen molar-refractivity contribution in [3.63, 3.8) is 0 Å². The highest BCUT2D eigenvalue weighted by Crippen LogP contribution is 2.46. The van der Waals surface area contributed by atoms with Crippen LogP contribution in [0.5, 0.6) is 0 Å². The van der Waals surface area contributed by atoms with E-state index in [-0.39, 0.29) is 5.54 Å². The van der Waals surface area contributed by atoms with Gasteiger partial charge in [-0.05, 0) is 37.7 Å².